The highest BCUT2D eigenvalue weighted by atomic mass is 79.9. The SMILES string of the molecule is O=C(Nc1ncccc1Br)c1ccc(F)c([N+](=O)[O-])c1. The molecule has 2 aromatic rings. The third kappa shape index (κ3) is 2.97. The van der Waals surface area contributed by atoms with E-state index in [1.165, 1.54) is 6.20 Å². The number of nitro groups is 1. The van der Waals surface area contributed by atoms with Crippen LogP contribution in [0.15, 0.2) is 41.0 Å². The Morgan fingerprint density at radius 1 is 1.40 bits per heavy atom. The summed E-state index contributed by atoms with van der Waals surface area (Å²) in [7, 11) is 0. The van der Waals surface area contributed by atoms with E-state index in [-0.39, 0.29) is 11.4 Å². The molecule has 1 N–H and O–H groups in total. The number of hydrogen-bond donors (Lipinski definition) is 1. The Hall–Kier alpha value is -2.35. The summed E-state index contributed by atoms with van der Waals surface area (Å²) < 4.78 is 13.7. The van der Waals surface area contributed by atoms with Gasteiger partial charge >= 0.3 is 5.69 Å². The molecular weight excluding hydrogens is 333 g/mol. The third-order valence-corrected chi connectivity index (χ3v) is 3.04. The number of nitrogens with one attached hydrogen (secondary N) is 1. The molecule has 0 aliphatic rings. The van der Waals surface area contributed by atoms with Gasteiger partial charge in [-0.1, -0.05) is 0 Å². The van der Waals surface area contributed by atoms with Crippen LogP contribution in [-0.4, -0.2) is 15.8 Å². The van der Waals surface area contributed by atoms with Gasteiger partial charge in [-0.25, -0.2) is 4.98 Å². The molecule has 1 amide bonds. The Morgan fingerprint density at radius 2 is 2.15 bits per heavy atom. The summed E-state index contributed by atoms with van der Waals surface area (Å²) >= 11 is 3.20. The molecule has 1 aromatic heterocycles. The van der Waals surface area contributed by atoms with E-state index in [9.17, 15) is 19.3 Å². The Kier molecular flexibility index (Phi) is 4.04. The second-order valence-electron chi connectivity index (χ2n) is 3.71. The van der Waals surface area contributed by atoms with E-state index in [1.807, 2.05) is 0 Å². The largest absolute Gasteiger partial charge is 0.306 e. The lowest BCUT2D eigenvalue weighted by molar-refractivity contribution is -0.387. The number of halogens is 2. The summed E-state index contributed by atoms with van der Waals surface area (Å²) in [6.45, 7) is 0. The Morgan fingerprint density at radius 3 is 2.80 bits per heavy atom. The van der Waals surface area contributed by atoms with Gasteiger partial charge < -0.3 is 5.32 Å². The van der Waals surface area contributed by atoms with Gasteiger partial charge in [-0.2, -0.15) is 4.39 Å². The van der Waals surface area contributed by atoms with Gasteiger partial charge in [0.2, 0.25) is 5.82 Å². The number of hydrogen-bond acceptors (Lipinski definition) is 4. The molecule has 1 heterocycles. The van der Waals surface area contributed by atoms with Crippen molar-refractivity contribution in [1.82, 2.24) is 4.98 Å². The minimum atomic E-state index is -0.995. The zero-order chi connectivity index (χ0) is 14.7. The van der Waals surface area contributed by atoms with E-state index in [1.54, 1.807) is 12.1 Å². The predicted octanol–water partition coefficient (Wildman–Crippen LogP) is 3.14. The molecule has 6 nitrogen and oxygen atoms in total. The molecular formula is C12H7BrFN3O3. The summed E-state index contributed by atoms with van der Waals surface area (Å²) in [5.74, 6) is -1.34. The lowest BCUT2D eigenvalue weighted by atomic mass is 10.2. The number of aromatic nitrogens is 1. The Labute approximate surface area is 120 Å². The second kappa shape index (κ2) is 5.74. The van der Waals surface area contributed by atoms with Crippen molar-refractivity contribution in [3.05, 3.63) is 62.5 Å². The summed E-state index contributed by atoms with van der Waals surface area (Å²) in [6.07, 6.45) is 1.48. The fourth-order valence-corrected chi connectivity index (χ4v) is 1.81. The molecule has 8 heteroatoms. The van der Waals surface area contributed by atoms with Gasteiger partial charge in [0.15, 0.2) is 0 Å². The molecule has 0 spiro atoms. The highest BCUT2D eigenvalue weighted by Gasteiger charge is 2.18. The first-order valence-electron chi connectivity index (χ1n) is 5.35. The number of carbonyl (C=O) groups is 1. The monoisotopic (exact) mass is 339 g/mol. The summed E-state index contributed by atoms with van der Waals surface area (Å²) in [4.78, 5) is 25.6. The maximum atomic E-state index is 13.2. The summed E-state index contributed by atoms with van der Waals surface area (Å²) in [5.41, 5.74) is -0.784. The van der Waals surface area contributed by atoms with Gasteiger partial charge in [-0.3, -0.25) is 14.9 Å². The second-order valence-corrected chi connectivity index (χ2v) is 4.57. The van der Waals surface area contributed by atoms with Crippen molar-refractivity contribution in [2.24, 2.45) is 0 Å². The van der Waals surface area contributed by atoms with Crippen molar-refractivity contribution in [2.75, 3.05) is 5.32 Å². The maximum absolute atomic E-state index is 13.2. The van der Waals surface area contributed by atoms with Gasteiger partial charge in [-0.15, -0.1) is 0 Å². The molecule has 0 aliphatic carbocycles. The van der Waals surface area contributed by atoms with Crippen LogP contribution in [0.3, 0.4) is 0 Å². The van der Waals surface area contributed by atoms with Crippen LogP contribution >= 0.6 is 15.9 Å². The number of pyridine rings is 1. The molecule has 0 bridgehead atoms. The normalized spacial score (nSPS) is 10.1. The van der Waals surface area contributed by atoms with Crippen LogP contribution in [0.25, 0.3) is 0 Å². The van der Waals surface area contributed by atoms with E-state index in [0.717, 1.165) is 18.2 Å². The van der Waals surface area contributed by atoms with E-state index in [0.29, 0.717) is 4.47 Å². The van der Waals surface area contributed by atoms with E-state index in [2.05, 4.69) is 26.2 Å². The Balaban J connectivity index is 2.28. The highest BCUT2D eigenvalue weighted by molar-refractivity contribution is 9.10. The van der Waals surface area contributed by atoms with Gasteiger partial charge in [0.1, 0.15) is 5.82 Å². The molecule has 0 aliphatic heterocycles. The van der Waals surface area contributed by atoms with Crippen molar-refractivity contribution >= 4 is 33.3 Å². The first kappa shape index (κ1) is 14.1. The van der Waals surface area contributed by atoms with Crippen molar-refractivity contribution in [1.29, 1.82) is 0 Å². The quantitative estimate of drug-likeness (QED) is 0.687. The fourth-order valence-electron chi connectivity index (χ4n) is 1.45. The van der Waals surface area contributed by atoms with Crippen molar-refractivity contribution in [2.45, 2.75) is 0 Å². The zero-order valence-corrected chi connectivity index (χ0v) is 11.4. The molecule has 102 valence electrons. The molecule has 0 atom stereocenters. The zero-order valence-electron chi connectivity index (χ0n) is 9.84. The lowest BCUT2D eigenvalue weighted by Crippen LogP contribution is -2.13. The number of amides is 1. The van der Waals surface area contributed by atoms with Crippen molar-refractivity contribution in [3.63, 3.8) is 0 Å². The van der Waals surface area contributed by atoms with Gasteiger partial charge in [0, 0.05) is 17.8 Å². The van der Waals surface area contributed by atoms with Crippen LogP contribution in [0.4, 0.5) is 15.9 Å². The predicted molar refractivity (Wildman–Crippen MR) is 72.9 cm³/mol. The topological polar surface area (TPSA) is 85.1 Å². The van der Waals surface area contributed by atoms with Crippen LogP contribution in [0.1, 0.15) is 10.4 Å². The summed E-state index contributed by atoms with van der Waals surface area (Å²) in [6, 6.07) is 6.26. The number of rotatable bonds is 3. The summed E-state index contributed by atoms with van der Waals surface area (Å²) in [5, 5.41) is 13.1. The lowest BCUT2D eigenvalue weighted by Gasteiger charge is -2.06. The molecule has 1 aromatic carbocycles. The standard InChI is InChI=1S/C12H7BrFN3O3/c13-8-2-1-5-15-11(8)16-12(18)7-3-4-9(14)10(6-7)17(19)20/h1-6H,(H,15,16,18). The molecule has 0 saturated carbocycles. The number of anilines is 1. The molecule has 0 saturated heterocycles. The van der Waals surface area contributed by atoms with E-state index >= 15 is 0 Å². The average molecular weight is 340 g/mol. The molecule has 0 radical (unpaired) electrons. The van der Waals surface area contributed by atoms with Gasteiger partial charge in [0.05, 0.1) is 9.40 Å². The molecule has 2 rings (SSSR count). The minimum absolute atomic E-state index is 0.0318. The van der Waals surface area contributed by atoms with Crippen molar-refractivity contribution < 1.29 is 14.1 Å². The first-order valence-corrected chi connectivity index (χ1v) is 6.14. The minimum Gasteiger partial charge on any atom is -0.306 e. The fraction of sp³-hybridized carbons (Fsp3) is 0. The number of nitro benzene ring substituents is 1. The van der Waals surface area contributed by atoms with E-state index < -0.39 is 22.3 Å². The number of nitrogens with zero attached hydrogens (tertiary/aromatic N) is 2. The Bertz CT molecular complexity index is 693. The van der Waals surface area contributed by atoms with Crippen LogP contribution < -0.4 is 5.32 Å². The molecule has 0 fully saturated rings. The first-order chi connectivity index (χ1) is 9.49. The van der Waals surface area contributed by atoms with E-state index in [4.69, 9.17) is 0 Å². The molecule has 0 unspecified atom stereocenters. The van der Waals surface area contributed by atoms with Gasteiger partial charge in [0.25, 0.3) is 5.91 Å². The maximum Gasteiger partial charge on any atom is 0.305 e. The smallest absolute Gasteiger partial charge is 0.305 e. The third-order valence-electron chi connectivity index (χ3n) is 2.40. The van der Waals surface area contributed by atoms with Crippen molar-refractivity contribution in [3.8, 4) is 0 Å². The van der Waals surface area contributed by atoms with Crippen LogP contribution in [0, 0.1) is 15.9 Å². The highest BCUT2D eigenvalue weighted by Crippen LogP contribution is 2.21. The molecule has 20 heavy (non-hydrogen) atoms. The number of benzene rings is 1. The van der Waals surface area contributed by atoms with Crippen LogP contribution in [-0.2, 0) is 0 Å². The average Bonchev–Trinajstić information content (AvgIpc) is 2.41. The van der Waals surface area contributed by atoms with Crippen LogP contribution in [0.2, 0.25) is 0 Å². The van der Waals surface area contributed by atoms with Crippen LogP contribution in [0.5, 0.6) is 0 Å². The van der Waals surface area contributed by atoms with Gasteiger partial charge in [-0.05, 0) is 40.2 Å². The number of carbonyl (C=O) groups excluding carboxylic acids is 1.